The number of nitrogens with zero attached hydrogens (tertiary/aromatic N) is 1. The van der Waals surface area contributed by atoms with E-state index in [1.165, 1.54) is 5.56 Å². The monoisotopic (exact) mass is 364 g/mol. The fourth-order valence-electron chi connectivity index (χ4n) is 3.67. The van der Waals surface area contributed by atoms with Crippen molar-refractivity contribution in [2.45, 2.75) is 33.1 Å². The van der Waals surface area contributed by atoms with E-state index >= 15 is 0 Å². The number of piperidine rings is 1. The van der Waals surface area contributed by atoms with Crippen molar-refractivity contribution in [2.24, 2.45) is 11.8 Å². The summed E-state index contributed by atoms with van der Waals surface area (Å²) in [5.74, 6) is 0.815. The lowest BCUT2D eigenvalue weighted by molar-refractivity contribution is 0.0650. The average molecular weight is 364 g/mol. The molecule has 4 heteroatoms. The highest BCUT2D eigenvalue weighted by Crippen LogP contribution is 2.24. The van der Waals surface area contributed by atoms with Gasteiger partial charge in [0, 0.05) is 35.8 Å². The van der Waals surface area contributed by atoms with E-state index in [4.69, 9.17) is 5.73 Å². The zero-order chi connectivity index (χ0) is 19.4. The molecule has 2 N–H and O–H groups in total. The average Bonchev–Trinajstić information content (AvgIpc) is 2.68. The van der Waals surface area contributed by atoms with Crippen LogP contribution in [0.3, 0.4) is 0 Å². The largest absolute Gasteiger partial charge is 0.399 e. The predicted molar refractivity (Wildman–Crippen MR) is 109 cm³/mol. The number of hydrogen-bond acceptors (Lipinski definition) is 3. The van der Waals surface area contributed by atoms with Crippen LogP contribution in [0, 0.1) is 11.8 Å². The van der Waals surface area contributed by atoms with Crippen molar-refractivity contribution in [2.75, 3.05) is 18.8 Å². The van der Waals surface area contributed by atoms with E-state index < -0.39 is 0 Å². The summed E-state index contributed by atoms with van der Waals surface area (Å²) >= 11 is 0. The number of Topliss-reactive ketones (excluding diaryl/α,β-unsaturated/α-hetero) is 1. The number of benzene rings is 2. The number of carbonyl (C=O) groups excluding carboxylic acids is 2. The maximum absolute atomic E-state index is 12.8. The third kappa shape index (κ3) is 4.76. The van der Waals surface area contributed by atoms with E-state index in [1.807, 2.05) is 17.0 Å². The Morgan fingerprint density at radius 3 is 2.07 bits per heavy atom. The van der Waals surface area contributed by atoms with Crippen LogP contribution >= 0.6 is 0 Å². The van der Waals surface area contributed by atoms with E-state index in [2.05, 4.69) is 26.0 Å². The maximum atomic E-state index is 12.8. The van der Waals surface area contributed by atoms with Gasteiger partial charge in [-0.15, -0.1) is 0 Å². The van der Waals surface area contributed by atoms with Gasteiger partial charge in [-0.2, -0.15) is 0 Å². The SMILES string of the molecule is CC(C)Cc1ccc(C(=O)C2CCN(C(=O)c3ccc(N)cc3)CC2)cc1. The van der Waals surface area contributed by atoms with Crippen LogP contribution in [-0.4, -0.2) is 29.7 Å². The fourth-order valence-corrected chi connectivity index (χ4v) is 3.67. The number of likely N-dealkylation sites (tertiary alicyclic amines) is 1. The van der Waals surface area contributed by atoms with Gasteiger partial charge in [-0.05, 0) is 55.0 Å². The van der Waals surface area contributed by atoms with Crippen LogP contribution in [0.1, 0.15) is 53.0 Å². The Hall–Kier alpha value is -2.62. The highest BCUT2D eigenvalue weighted by Gasteiger charge is 2.28. The molecule has 27 heavy (non-hydrogen) atoms. The van der Waals surface area contributed by atoms with Gasteiger partial charge in [-0.25, -0.2) is 0 Å². The molecule has 0 saturated carbocycles. The summed E-state index contributed by atoms with van der Waals surface area (Å²) in [4.78, 5) is 27.2. The minimum Gasteiger partial charge on any atom is -0.399 e. The normalized spacial score (nSPS) is 15.1. The summed E-state index contributed by atoms with van der Waals surface area (Å²) in [6.07, 6.45) is 2.46. The van der Waals surface area contributed by atoms with Crippen molar-refractivity contribution < 1.29 is 9.59 Å². The second-order valence-corrected chi connectivity index (χ2v) is 7.85. The summed E-state index contributed by atoms with van der Waals surface area (Å²) in [5, 5.41) is 0. The third-order valence-electron chi connectivity index (χ3n) is 5.19. The van der Waals surface area contributed by atoms with Crippen LogP contribution in [0.4, 0.5) is 5.69 Å². The molecule has 0 radical (unpaired) electrons. The second kappa shape index (κ2) is 8.38. The molecule has 0 aromatic heterocycles. The summed E-state index contributed by atoms with van der Waals surface area (Å²) in [7, 11) is 0. The molecule has 2 aromatic carbocycles. The molecule has 0 spiro atoms. The number of ketones is 1. The number of rotatable bonds is 5. The Balaban J connectivity index is 1.57. The molecule has 1 saturated heterocycles. The highest BCUT2D eigenvalue weighted by molar-refractivity contribution is 5.98. The molecule has 3 rings (SSSR count). The number of nitrogen functional groups attached to an aromatic ring is 1. The first-order valence-electron chi connectivity index (χ1n) is 9.72. The minimum atomic E-state index is -0.00332. The molecule has 1 aliphatic heterocycles. The molecule has 0 bridgehead atoms. The van der Waals surface area contributed by atoms with Gasteiger partial charge >= 0.3 is 0 Å². The lowest BCUT2D eigenvalue weighted by Gasteiger charge is -2.31. The molecule has 1 fully saturated rings. The minimum absolute atomic E-state index is 0.00332. The van der Waals surface area contributed by atoms with E-state index in [1.54, 1.807) is 24.3 Å². The molecule has 1 amide bonds. The van der Waals surface area contributed by atoms with Gasteiger partial charge in [0.15, 0.2) is 5.78 Å². The third-order valence-corrected chi connectivity index (χ3v) is 5.19. The van der Waals surface area contributed by atoms with Gasteiger partial charge in [0.1, 0.15) is 0 Å². The first-order valence-corrected chi connectivity index (χ1v) is 9.72. The molecule has 0 atom stereocenters. The summed E-state index contributed by atoms with van der Waals surface area (Å²) in [6, 6.07) is 15.0. The Kier molecular flexibility index (Phi) is 5.94. The second-order valence-electron chi connectivity index (χ2n) is 7.85. The molecule has 0 aliphatic carbocycles. The van der Waals surface area contributed by atoms with Gasteiger partial charge < -0.3 is 10.6 Å². The van der Waals surface area contributed by atoms with Crippen molar-refractivity contribution >= 4 is 17.4 Å². The van der Waals surface area contributed by atoms with Crippen molar-refractivity contribution in [1.82, 2.24) is 4.90 Å². The van der Waals surface area contributed by atoms with Gasteiger partial charge in [0.2, 0.25) is 0 Å². The fraction of sp³-hybridized carbons (Fsp3) is 0.391. The smallest absolute Gasteiger partial charge is 0.253 e. The van der Waals surface area contributed by atoms with Crippen molar-refractivity contribution in [3.63, 3.8) is 0 Å². The molecule has 4 nitrogen and oxygen atoms in total. The van der Waals surface area contributed by atoms with Crippen LogP contribution in [0.25, 0.3) is 0 Å². The highest BCUT2D eigenvalue weighted by atomic mass is 16.2. The van der Waals surface area contributed by atoms with Crippen LogP contribution < -0.4 is 5.73 Å². The molecule has 1 heterocycles. The van der Waals surface area contributed by atoms with Crippen LogP contribution in [0.15, 0.2) is 48.5 Å². The van der Waals surface area contributed by atoms with Crippen LogP contribution in [0.5, 0.6) is 0 Å². The van der Waals surface area contributed by atoms with E-state index in [0.29, 0.717) is 43.1 Å². The number of carbonyl (C=O) groups is 2. The molecule has 142 valence electrons. The van der Waals surface area contributed by atoms with E-state index in [9.17, 15) is 9.59 Å². The van der Waals surface area contributed by atoms with E-state index in [-0.39, 0.29) is 17.6 Å². The van der Waals surface area contributed by atoms with Crippen molar-refractivity contribution in [3.8, 4) is 0 Å². The zero-order valence-electron chi connectivity index (χ0n) is 16.2. The zero-order valence-corrected chi connectivity index (χ0v) is 16.2. The van der Waals surface area contributed by atoms with Gasteiger partial charge in [0.05, 0.1) is 0 Å². The molecule has 1 aliphatic rings. The van der Waals surface area contributed by atoms with E-state index in [0.717, 1.165) is 12.0 Å². The topological polar surface area (TPSA) is 63.4 Å². The molecule has 2 aromatic rings. The summed E-state index contributed by atoms with van der Waals surface area (Å²) in [6.45, 7) is 5.62. The molecular weight excluding hydrogens is 336 g/mol. The van der Waals surface area contributed by atoms with Crippen LogP contribution in [-0.2, 0) is 6.42 Å². The summed E-state index contributed by atoms with van der Waals surface area (Å²) < 4.78 is 0. The lowest BCUT2D eigenvalue weighted by atomic mass is 9.88. The van der Waals surface area contributed by atoms with Crippen molar-refractivity contribution in [3.05, 3.63) is 65.2 Å². The van der Waals surface area contributed by atoms with Gasteiger partial charge in [-0.1, -0.05) is 38.1 Å². The van der Waals surface area contributed by atoms with Crippen LogP contribution in [0.2, 0.25) is 0 Å². The number of hydrogen-bond donors (Lipinski definition) is 1. The molecular formula is C23H28N2O2. The Labute approximate surface area is 161 Å². The number of nitrogens with two attached hydrogens (primary N) is 1. The lowest BCUT2D eigenvalue weighted by Crippen LogP contribution is -2.40. The Morgan fingerprint density at radius 1 is 0.963 bits per heavy atom. The standard InChI is InChI=1S/C23H28N2O2/c1-16(2)15-17-3-5-18(6-4-17)22(26)19-11-13-25(14-12-19)23(27)20-7-9-21(24)10-8-20/h3-10,16,19H,11-15,24H2,1-2H3. The molecule has 0 unspecified atom stereocenters. The Morgan fingerprint density at radius 2 is 1.52 bits per heavy atom. The summed E-state index contributed by atoms with van der Waals surface area (Å²) in [5.41, 5.74) is 9.03. The van der Waals surface area contributed by atoms with Gasteiger partial charge in [-0.3, -0.25) is 9.59 Å². The Bertz CT molecular complexity index is 786. The quantitative estimate of drug-likeness (QED) is 0.639. The van der Waals surface area contributed by atoms with Crippen molar-refractivity contribution in [1.29, 1.82) is 0 Å². The first kappa shape index (κ1) is 19.2. The first-order chi connectivity index (χ1) is 12.9. The predicted octanol–water partition coefficient (Wildman–Crippen LogP) is 4.20. The van der Waals surface area contributed by atoms with Gasteiger partial charge in [0.25, 0.3) is 5.91 Å². The maximum Gasteiger partial charge on any atom is 0.253 e. The number of anilines is 1. The number of amides is 1.